The van der Waals surface area contributed by atoms with E-state index in [4.69, 9.17) is 11.6 Å². The van der Waals surface area contributed by atoms with Crippen LogP contribution in [0.15, 0.2) is 48.7 Å². The number of fused-ring (bicyclic) bond motifs is 2. The summed E-state index contributed by atoms with van der Waals surface area (Å²) in [6.07, 6.45) is 7.19. The molecule has 26 heavy (non-hydrogen) atoms. The van der Waals surface area contributed by atoms with Crippen LogP contribution in [0.25, 0.3) is 5.65 Å². The number of rotatable bonds is 2. The number of aromatic nitrogens is 3. The van der Waals surface area contributed by atoms with E-state index in [0.717, 1.165) is 48.4 Å². The van der Waals surface area contributed by atoms with E-state index in [1.165, 1.54) is 6.33 Å². The van der Waals surface area contributed by atoms with E-state index in [1.54, 1.807) is 4.52 Å². The van der Waals surface area contributed by atoms with Crippen LogP contribution in [-0.2, 0) is 0 Å². The predicted octanol–water partition coefficient (Wildman–Crippen LogP) is 4.12. The van der Waals surface area contributed by atoms with Crippen LogP contribution in [0.2, 0.25) is 5.02 Å². The van der Waals surface area contributed by atoms with Crippen molar-refractivity contribution >= 4 is 22.9 Å². The van der Waals surface area contributed by atoms with Crippen LogP contribution in [0.5, 0.6) is 0 Å². The van der Waals surface area contributed by atoms with Crippen molar-refractivity contribution in [3.63, 3.8) is 0 Å². The molecular weight excluding hydrogens is 360 g/mol. The maximum Gasteiger partial charge on any atom is 0.161 e. The summed E-state index contributed by atoms with van der Waals surface area (Å²) in [4.78, 5) is 8.32. The lowest BCUT2D eigenvalue weighted by Crippen LogP contribution is -2.31. The van der Waals surface area contributed by atoms with Crippen LogP contribution in [0.3, 0.4) is 0 Å². The van der Waals surface area contributed by atoms with Gasteiger partial charge in [0.2, 0.25) is 0 Å². The highest BCUT2D eigenvalue weighted by Crippen LogP contribution is 2.45. The molecule has 1 atom stereocenters. The summed E-state index contributed by atoms with van der Waals surface area (Å²) in [5.74, 6) is -1.87. The highest BCUT2D eigenvalue weighted by atomic mass is 35.5. The van der Waals surface area contributed by atoms with Gasteiger partial charge in [-0.15, -0.1) is 0 Å². The molecule has 0 bridgehead atoms. The molecule has 1 aromatic carbocycles. The van der Waals surface area contributed by atoms with E-state index in [2.05, 4.69) is 15.0 Å². The van der Waals surface area contributed by atoms with E-state index in [1.807, 2.05) is 29.4 Å². The predicted molar refractivity (Wildman–Crippen MR) is 93.6 cm³/mol. The molecule has 0 saturated carbocycles. The molecule has 1 saturated heterocycles. The SMILES string of the molecule is Fc1cc(Cl)c(N2C=C3CCCN3C2c2ccc3ncnn3c2)cc1F. The average Bonchev–Trinajstić information content (AvgIpc) is 3.32. The minimum atomic E-state index is -0.952. The largest absolute Gasteiger partial charge is 0.349 e. The third-order valence-electron chi connectivity index (χ3n) is 4.91. The first kappa shape index (κ1) is 15.6. The fourth-order valence-electron chi connectivity index (χ4n) is 3.75. The zero-order chi connectivity index (χ0) is 17.8. The Hall–Kier alpha value is -2.67. The Morgan fingerprint density at radius 3 is 2.88 bits per heavy atom. The minimum Gasteiger partial charge on any atom is -0.349 e. The van der Waals surface area contributed by atoms with E-state index >= 15 is 0 Å². The van der Waals surface area contributed by atoms with Crippen molar-refractivity contribution in [1.82, 2.24) is 19.5 Å². The van der Waals surface area contributed by atoms with Crippen LogP contribution in [-0.4, -0.2) is 26.0 Å². The molecule has 2 aromatic heterocycles. The second-order valence-corrected chi connectivity index (χ2v) is 6.85. The Labute approximate surface area is 153 Å². The topological polar surface area (TPSA) is 36.7 Å². The van der Waals surface area contributed by atoms with Crippen molar-refractivity contribution in [3.8, 4) is 0 Å². The first-order valence-electron chi connectivity index (χ1n) is 8.31. The fraction of sp³-hybridized carbons (Fsp3) is 0.222. The molecule has 1 unspecified atom stereocenters. The van der Waals surface area contributed by atoms with Gasteiger partial charge < -0.3 is 9.80 Å². The van der Waals surface area contributed by atoms with Crippen molar-refractivity contribution in [3.05, 3.63) is 70.9 Å². The summed E-state index contributed by atoms with van der Waals surface area (Å²) in [6, 6.07) is 6.04. The van der Waals surface area contributed by atoms with Crippen molar-refractivity contribution in [2.24, 2.45) is 0 Å². The molecule has 5 rings (SSSR count). The second kappa shape index (κ2) is 5.67. The highest BCUT2D eigenvalue weighted by Gasteiger charge is 2.37. The number of pyridine rings is 1. The van der Waals surface area contributed by atoms with Gasteiger partial charge in [-0.1, -0.05) is 11.6 Å². The lowest BCUT2D eigenvalue weighted by Gasteiger charge is -2.32. The van der Waals surface area contributed by atoms with Gasteiger partial charge in [-0.25, -0.2) is 18.3 Å². The van der Waals surface area contributed by atoms with Gasteiger partial charge in [0, 0.05) is 36.3 Å². The zero-order valence-corrected chi connectivity index (χ0v) is 14.4. The maximum atomic E-state index is 13.9. The zero-order valence-electron chi connectivity index (χ0n) is 13.6. The summed E-state index contributed by atoms with van der Waals surface area (Å²) in [7, 11) is 0. The lowest BCUT2D eigenvalue weighted by molar-refractivity contribution is 0.318. The molecule has 5 nitrogen and oxygen atoms in total. The molecule has 8 heteroatoms. The Morgan fingerprint density at radius 2 is 2.00 bits per heavy atom. The smallest absolute Gasteiger partial charge is 0.161 e. The van der Waals surface area contributed by atoms with Gasteiger partial charge in [0.1, 0.15) is 12.5 Å². The number of anilines is 1. The molecule has 4 heterocycles. The first-order valence-corrected chi connectivity index (χ1v) is 8.69. The summed E-state index contributed by atoms with van der Waals surface area (Å²) in [5, 5.41) is 4.37. The van der Waals surface area contributed by atoms with Crippen LogP contribution in [0.4, 0.5) is 14.5 Å². The third kappa shape index (κ3) is 2.27. The molecule has 0 N–H and O–H groups in total. The van der Waals surface area contributed by atoms with Crippen LogP contribution in [0, 0.1) is 11.6 Å². The van der Waals surface area contributed by atoms with Crippen molar-refractivity contribution < 1.29 is 8.78 Å². The second-order valence-electron chi connectivity index (χ2n) is 6.44. The lowest BCUT2D eigenvalue weighted by atomic mass is 10.1. The van der Waals surface area contributed by atoms with Gasteiger partial charge in [0.15, 0.2) is 17.3 Å². The molecule has 3 aromatic rings. The van der Waals surface area contributed by atoms with Gasteiger partial charge in [-0.05, 0) is 31.0 Å². The minimum absolute atomic E-state index is 0.175. The monoisotopic (exact) mass is 373 g/mol. The molecule has 2 aliphatic heterocycles. The molecule has 0 amide bonds. The molecule has 0 aliphatic carbocycles. The van der Waals surface area contributed by atoms with Crippen LogP contribution < -0.4 is 4.90 Å². The molecule has 0 radical (unpaired) electrons. The first-order chi connectivity index (χ1) is 12.6. The number of halogens is 3. The van der Waals surface area contributed by atoms with Crippen molar-refractivity contribution in [1.29, 1.82) is 0 Å². The van der Waals surface area contributed by atoms with Gasteiger partial charge in [0.05, 0.1) is 10.7 Å². The van der Waals surface area contributed by atoms with Crippen LogP contribution in [0.1, 0.15) is 24.6 Å². The Bertz CT molecular complexity index is 1050. The Kier molecular flexibility index (Phi) is 3.40. The quantitative estimate of drug-likeness (QED) is 0.633. The van der Waals surface area contributed by atoms with E-state index < -0.39 is 11.6 Å². The molecule has 132 valence electrons. The molecule has 0 spiro atoms. The third-order valence-corrected chi connectivity index (χ3v) is 5.21. The number of benzene rings is 1. The number of allylic oxidation sites excluding steroid dienone is 1. The number of hydrogen-bond acceptors (Lipinski definition) is 4. The maximum absolute atomic E-state index is 13.9. The van der Waals surface area contributed by atoms with Gasteiger partial charge in [0.25, 0.3) is 0 Å². The van der Waals surface area contributed by atoms with Crippen molar-refractivity contribution in [2.75, 3.05) is 11.4 Å². The van der Waals surface area contributed by atoms with Gasteiger partial charge in [-0.3, -0.25) is 0 Å². The molecule has 1 fully saturated rings. The number of nitrogens with zero attached hydrogens (tertiary/aromatic N) is 5. The van der Waals surface area contributed by atoms with Crippen LogP contribution >= 0.6 is 11.6 Å². The normalized spacial score (nSPS) is 19.3. The average molecular weight is 374 g/mol. The summed E-state index contributed by atoms with van der Waals surface area (Å²) >= 11 is 6.24. The van der Waals surface area contributed by atoms with E-state index in [9.17, 15) is 8.78 Å². The van der Waals surface area contributed by atoms with E-state index in [0.29, 0.717) is 5.69 Å². The van der Waals surface area contributed by atoms with Gasteiger partial charge >= 0.3 is 0 Å². The number of hydrogen-bond donors (Lipinski definition) is 0. The summed E-state index contributed by atoms with van der Waals surface area (Å²) < 4.78 is 29.1. The van der Waals surface area contributed by atoms with Crippen molar-refractivity contribution in [2.45, 2.75) is 19.0 Å². The van der Waals surface area contributed by atoms with E-state index in [-0.39, 0.29) is 11.2 Å². The summed E-state index contributed by atoms with van der Waals surface area (Å²) in [6.45, 7) is 0.893. The van der Waals surface area contributed by atoms with Gasteiger partial charge in [-0.2, -0.15) is 5.10 Å². The standard InChI is InChI=1S/C18H14ClF2N5/c19-13-6-14(20)15(21)7-16(13)25-9-12-2-1-5-24(12)18(25)11-3-4-17-22-10-23-26(17)8-11/h3-4,6-10,18H,1-2,5H2. The summed E-state index contributed by atoms with van der Waals surface area (Å²) in [5.41, 5.74) is 3.32. The Balaban J connectivity index is 1.65. The highest BCUT2D eigenvalue weighted by molar-refractivity contribution is 6.33. The Morgan fingerprint density at radius 1 is 1.15 bits per heavy atom. The molecular formula is C18H14ClF2N5. The molecule has 2 aliphatic rings. The fourth-order valence-corrected chi connectivity index (χ4v) is 4.00.